The number of nitrogens with two attached hydrogens (primary N) is 1. The highest BCUT2D eigenvalue weighted by molar-refractivity contribution is 5.81. The van der Waals surface area contributed by atoms with Crippen molar-refractivity contribution in [3.63, 3.8) is 0 Å². The molecule has 1 aliphatic rings. The van der Waals surface area contributed by atoms with Gasteiger partial charge in [0.05, 0.1) is 0 Å². The first-order chi connectivity index (χ1) is 7.71. The third kappa shape index (κ3) is 3.76. The van der Waals surface area contributed by atoms with E-state index in [0.29, 0.717) is 6.04 Å². The van der Waals surface area contributed by atoms with Crippen LogP contribution < -0.4 is 11.1 Å². The number of hydrogen-bond acceptors (Lipinski definition) is 3. The van der Waals surface area contributed by atoms with Crippen LogP contribution in [0.3, 0.4) is 0 Å². The zero-order valence-corrected chi connectivity index (χ0v) is 10.4. The molecule has 0 heterocycles. The first-order valence-corrected chi connectivity index (χ1v) is 6.24. The summed E-state index contributed by atoms with van der Waals surface area (Å²) in [6.45, 7) is 2.46. The van der Waals surface area contributed by atoms with E-state index in [1.54, 1.807) is 0 Å². The van der Waals surface area contributed by atoms with E-state index in [-0.39, 0.29) is 12.5 Å². The topological polar surface area (TPSA) is 64.4 Å². The van der Waals surface area contributed by atoms with Gasteiger partial charge in [-0.25, -0.2) is 0 Å². The molecule has 1 rings (SSSR count). The Bertz CT molecular complexity index is 217. The van der Waals surface area contributed by atoms with E-state index in [1.165, 1.54) is 26.4 Å². The summed E-state index contributed by atoms with van der Waals surface area (Å²) in [6, 6.07) is 0.315. The zero-order chi connectivity index (χ0) is 12.0. The van der Waals surface area contributed by atoms with Crippen molar-refractivity contribution in [2.45, 2.75) is 51.2 Å². The summed E-state index contributed by atoms with van der Waals surface area (Å²) < 4.78 is 5.02. The Hall–Kier alpha value is -0.610. The van der Waals surface area contributed by atoms with Crippen LogP contribution in [0.5, 0.6) is 0 Å². The third-order valence-corrected chi connectivity index (χ3v) is 3.50. The number of carbonyl (C=O) groups excluding carboxylic acids is 1. The first-order valence-electron chi connectivity index (χ1n) is 6.24. The molecule has 16 heavy (non-hydrogen) atoms. The van der Waals surface area contributed by atoms with Crippen LogP contribution in [0.1, 0.15) is 39.0 Å². The van der Waals surface area contributed by atoms with Crippen LogP contribution in [0.4, 0.5) is 0 Å². The summed E-state index contributed by atoms with van der Waals surface area (Å²) in [6.07, 6.45) is 5.41. The normalized spacial score (nSPS) is 27.4. The Labute approximate surface area is 97.9 Å². The van der Waals surface area contributed by atoms with Gasteiger partial charge in [-0.2, -0.15) is 0 Å². The van der Waals surface area contributed by atoms with Crippen molar-refractivity contribution in [3.8, 4) is 0 Å². The van der Waals surface area contributed by atoms with E-state index in [0.717, 1.165) is 18.8 Å². The second-order valence-corrected chi connectivity index (χ2v) is 4.61. The Balaban J connectivity index is 2.38. The monoisotopic (exact) mass is 228 g/mol. The average Bonchev–Trinajstić information content (AvgIpc) is 2.31. The second-order valence-electron chi connectivity index (χ2n) is 4.61. The van der Waals surface area contributed by atoms with Gasteiger partial charge >= 0.3 is 0 Å². The molecule has 4 heteroatoms. The highest BCUT2D eigenvalue weighted by Gasteiger charge is 2.24. The number of methoxy groups -OCH3 is 1. The molecule has 3 atom stereocenters. The number of carbonyl (C=O) groups is 1. The second kappa shape index (κ2) is 6.86. The molecule has 0 bridgehead atoms. The largest absolute Gasteiger partial charge is 0.370 e. The number of rotatable bonds is 5. The molecule has 1 saturated carbocycles. The van der Waals surface area contributed by atoms with Gasteiger partial charge in [0.15, 0.2) is 0 Å². The molecular formula is C12H24N2O2. The maximum absolute atomic E-state index is 11.8. The van der Waals surface area contributed by atoms with E-state index >= 15 is 0 Å². The Morgan fingerprint density at radius 1 is 1.56 bits per heavy atom. The van der Waals surface area contributed by atoms with Crippen LogP contribution in [0.25, 0.3) is 0 Å². The van der Waals surface area contributed by atoms with Gasteiger partial charge < -0.3 is 15.8 Å². The number of ether oxygens (including phenoxy) is 1. The van der Waals surface area contributed by atoms with Crippen LogP contribution in [-0.2, 0) is 9.53 Å². The summed E-state index contributed by atoms with van der Waals surface area (Å²) in [5, 5.41) is 3.04. The van der Waals surface area contributed by atoms with Crippen molar-refractivity contribution in [2.24, 2.45) is 11.7 Å². The lowest BCUT2D eigenvalue weighted by Gasteiger charge is -2.30. The summed E-state index contributed by atoms with van der Waals surface area (Å²) in [5.41, 5.74) is 5.46. The maximum Gasteiger partial charge on any atom is 0.250 e. The third-order valence-electron chi connectivity index (χ3n) is 3.50. The van der Waals surface area contributed by atoms with Gasteiger partial charge in [-0.05, 0) is 18.8 Å². The molecular weight excluding hydrogens is 204 g/mol. The van der Waals surface area contributed by atoms with Crippen LogP contribution in [0.2, 0.25) is 0 Å². The summed E-state index contributed by atoms with van der Waals surface area (Å²) in [5.74, 6) is 0.699. The lowest BCUT2D eigenvalue weighted by molar-refractivity contribution is -0.131. The van der Waals surface area contributed by atoms with Crippen LogP contribution in [0.15, 0.2) is 0 Å². The molecule has 0 aromatic rings. The minimum Gasteiger partial charge on any atom is -0.370 e. The fraction of sp³-hybridized carbons (Fsp3) is 0.917. The van der Waals surface area contributed by atoms with Crippen molar-refractivity contribution in [2.75, 3.05) is 13.7 Å². The molecule has 3 N–H and O–H groups in total. The quantitative estimate of drug-likeness (QED) is 0.739. The lowest BCUT2D eigenvalue weighted by Crippen LogP contribution is -2.46. The van der Waals surface area contributed by atoms with Crippen molar-refractivity contribution in [3.05, 3.63) is 0 Å². The van der Waals surface area contributed by atoms with Crippen molar-refractivity contribution in [1.82, 2.24) is 5.32 Å². The van der Waals surface area contributed by atoms with Gasteiger partial charge in [-0.15, -0.1) is 0 Å². The van der Waals surface area contributed by atoms with Gasteiger partial charge in [0.1, 0.15) is 6.10 Å². The van der Waals surface area contributed by atoms with E-state index in [9.17, 15) is 4.79 Å². The summed E-state index contributed by atoms with van der Waals surface area (Å²) in [4.78, 5) is 11.8. The van der Waals surface area contributed by atoms with Crippen molar-refractivity contribution in [1.29, 1.82) is 0 Å². The van der Waals surface area contributed by atoms with E-state index < -0.39 is 6.10 Å². The standard InChI is InChI=1S/C12H24N2O2/c1-3-9-5-4-6-10(7-9)14-12(15)11(8-13)16-2/h9-11H,3-8,13H2,1-2H3,(H,14,15). The Kier molecular flexibility index (Phi) is 5.77. The highest BCUT2D eigenvalue weighted by atomic mass is 16.5. The fourth-order valence-electron chi connectivity index (χ4n) is 2.40. The van der Waals surface area contributed by atoms with Crippen LogP contribution >= 0.6 is 0 Å². The number of hydrogen-bond donors (Lipinski definition) is 2. The van der Waals surface area contributed by atoms with Crippen molar-refractivity contribution >= 4 is 5.91 Å². The molecule has 0 aliphatic heterocycles. The summed E-state index contributed by atoms with van der Waals surface area (Å²) in [7, 11) is 1.52. The van der Waals surface area contributed by atoms with Crippen molar-refractivity contribution < 1.29 is 9.53 Å². The van der Waals surface area contributed by atoms with E-state index in [4.69, 9.17) is 10.5 Å². The molecule has 0 aromatic heterocycles. The smallest absolute Gasteiger partial charge is 0.250 e. The van der Waals surface area contributed by atoms with E-state index in [1.807, 2.05) is 0 Å². The summed E-state index contributed by atoms with van der Waals surface area (Å²) >= 11 is 0. The molecule has 4 nitrogen and oxygen atoms in total. The first kappa shape index (κ1) is 13.5. The van der Waals surface area contributed by atoms with Gasteiger partial charge in [0.2, 0.25) is 0 Å². The van der Waals surface area contributed by atoms with Crippen LogP contribution in [0, 0.1) is 5.92 Å². The molecule has 0 aromatic carbocycles. The fourth-order valence-corrected chi connectivity index (χ4v) is 2.40. The molecule has 0 radical (unpaired) electrons. The minimum atomic E-state index is -0.498. The molecule has 0 spiro atoms. The number of nitrogens with one attached hydrogen (secondary N) is 1. The SMILES string of the molecule is CCC1CCCC(NC(=O)C(CN)OC)C1. The Morgan fingerprint density at radius 2 is 2.31 bits per heavy atom. The molecule has 94 valence electrons. The minimum absolute atomic E-state index is 0.0632. The van der Waals surface area contributed by atoms with E-state index in [2.05, 4.69) is 12.2 Å². The highest BCUT2D eigenvalue weighted by Crippen LogP contribution is 2.26. The van der Waals surface area contributed by atoms with Crippen LogP contribution in [-0.4, -0.2) is 31.7 Å². The predicted octanol–water partition coefficient (Wildman–Crippen LogP) is 1.05. The molecule has 3 unspecified atom stereocenters. The zero-order valence-electron chi connectivity index (χ0n) is 10.4. The van der Waals surface area contributed by atoms with Gasteiger partial charge in [-0.3, -0.25) is 4.79 Å². The molecule has 1 fully saturated rings. The molecule has 1 aliphatic carbocycles. The maximum atomic E-state index is 11.8. The lowest BCUT2D eigenvalue weighted by atomic mass is 9.84. The Morgan fingerprint density at radius 3 is 2.88 bits per heavy atom. The number of amides is 1. The predicted molar refractivity (Wildman–Crippen MR) is 64.0 cm³/mol. The molecule has 1 amide bonds. The van der Waals surface area contributed by atoms with Gasteiger partial charge in [-0.1, -0.05) is 26.2 Å². The average molecular weight is 228 g/mol. The van der Waals surface area contributed by atoms with Gasteiger partial charge in [0.25, 0.3) is 5.91 Å². The van der Waals surface area contributed by atoms with Gasteiger partial charge in [0, 0.05) is 19.7 Å². The molecule has 0 saturated heterocycles.